The lowest BCUT2D eigenvalue weighted by Crippen LogP contribution is -2.17. The van der Waals surface area contributed by atoms with Gasteiger partial charge in [-0.3, -0.25) is 4.72 Å². The third-order valence-electron chi connectivity index (χ3n) is 4.64. The van der Waals surface area contributed by atoms with E-state index >= 15 is 0 Å². The standard InChI is InChI=1S/C22H31NO2S/c1-15(2)19-9-8-10-20(16(3)4)21(19)23-26(24,25)18-13-11-17(12-14-18)22(5,6)7/h8-16,23H,1-7H3. The van der Waals surface area contributed by atoms with Gasteiger partial charge >= 0.3 is 0 Å². The highest BCUT2D eigenvalue weighted by atomic mass is 32.2. The number of anilines is 1. The molecule has 0 unspecified atom stereocenters. The van der Waals surface area contributed by atoms with Gasteiger partial charge in [-0.1, -0.05) is 78.8 Å². The van der Waals surface area contributed by atoms with Crippen molar-refractivity contribution in [2.24, 2.45) is 0 Å². The SMILES string of the molecule is CC(C)c1cccc(C(C)C)c1NS(=O)(=O)c1ccc(C(C)(C)C)cc1. The summed E-state index contributed by atoms with van der Waals surface area (Å²) in [7, 11) is -3.64. The predicted molar refractivity (Wildman–Crippen MR) is 111 cm³/mol. The number of hydrogen-bond acceptors (Lipinski definition) is 2. The second-order valence-corrected chi connectivity index (χ2v) is 10.2. The largest absolute Gasteiger partial charge is 0.279 e. The van der Waals surface area contributed by atoms with Crippen LogP contribution in [0.3, 0.4) is 0 Å². The molecule has 0 aliphatic heterocycles. The van der Waals surface area contributed by atoms with Crippen LogP contribution in [0.5, 0.6) is 0 Å². The van der Waals surface area contributed by atoms with Crippen molar-refractivity contribution in [2.75, 3.05) is 4.72 Å². The molecule has 4 heteroatoms. The minimum absolute atomic E-state index is 0.00915. The molecule has 26 heavy (non-hydrogen) atoms. The summed E-state index contributed by atoms with van der Waals surface area (Å²) in [5.41, 5.74) is 3.86. The fourth-order valence-electron chi connectivity index (χ4n) is 3.00. The van der Waals surface area contributed by atoms with Crippen LogP contribution in [-0.2, 0) is 15.4 Å². The first kappa shape index (κ1) is 20.5. The molecule has 0 bridgehead atoms. The van der Waals surface area contributed by atoms with E-state index in [-0.39, 0.29) is 17.3 Å². The molecule has 0 aliphatic rings. The van der Waals surface area contributed by atoms with E-state index in [4.69, 9.17) is 0 Å². The van der Waals surface area contributed by atoms with Gasteiger partial charge in [-0.25, -0.2) is 8.42 Å². The van der Waals surface area contributed by atoms with Gasteiger partial charge in [0.1, 0.15) is 0 Å². The van der Waals surface area contributed by atoms with Gasteiger partial charge < -0.3 is 0 Å². The molecule has 0 saturated heterocycles. The third kappa shape index (κ3) is 4.47. The molecule has 0 fully saturated rings. The van der Waals surface area contributed by atoms with E-state index in [0.717, 1.165) is 22.4 Å². The van der Waals surface area contributed by atoms with Crippen LogP contribution in [0.25, 0.3) is 0 Å². The lowest BCUT2D eigenvalue weighted by Gasteiger charge is -2.22. The average Bonchev–Trinajstić information content (AvgIpc) is 2.53. The molecule has 1 N–H and O–H groups in total. The maximum absolute atomic E-state index is 13.0. The molecule has 142 valence electrons. The molecule has 0 amide bonds. The molecule has 2 aromatic rings. The Morgan fingerprint density at radius 1 is 0.808 bits per heavy atom. The Kier molecular flexibility index (Phi) is 5.86. The highest BCUT2D eigenvalue weighted by Crippen LogP contribution is 2.34. The molecule has 0 spiro atoms. The summed E-state index contributed by atoms with van der Waals surface area (Å²) < 4.78 is 28.9. The van der Waals surface area contributed by atoms with Crippen LogP contribution in [0.4, 0.5) is 5.69 Å². The van der Waals surface area contributed by atoms with Crippen LogP contribution in [0.2, 0.25) is 0 Å². The van der Waals surface area contributed by atoms with Crippen molar-refractivity contribution in [1.82, 2.24) is 0 Å². The lowest BCUT2D eigenvalue weighted by molar-refractivity contribution is 0.587. The number of hydrogen-bond donors (Lipinski definition) is 1. The average molecular weight is 374 g/mol. The molecule has 2 rings (SSSR count). The van der Waals surface area contributed by atoms with Crippen molar-refractivity contribution in [1.29, 1.82) is 0 Å². The molecule has 0 heterocycles. The van der Waals surface area contributed by atoms with Crippen molar-refractivity contribution in [3.05, 3.63) is 59.2 Å². The molecule has 3 nitrogen and oxygen atoms in total. The summed E-state index contributed by atoms with van der Waals surface area (Å²) in [5.74, 6) is 0.462. The summed E-state index contributed by atoms with van der Waals surface area (Å²) in [6.45, 7) is 14.7. The molecule has 0 aliphatic carbocycles. The Bertz CT molecular complexity index is 832. The topological polar surface area (TPSA) is 46.2 Å². The highest BCUT2D eigenvalue weighted by Gasteiger charge is 2.22. The molecular weight excluding hydrogens is 342 g/mol. The zero-order valence-corrected chi connectivity index (χ0v) is 17.7. The van der Waals surface area contributed by atoms with Crippen LogP contribution in [-0.4, -0.2) is 8.42 Å². The number of nitrogens with one attached hydrogen (secondary N) is 1. The van der Waals surface area contributed by atoms with Gasteiger partial charge in [0.25, 0.3) is 10.0 Å². The van der Waals surface area contributed by atoms with Crippen molar-refractivity contribution in [3.8, 4) is 0 Å². The zero-order chi connectivity index (χ0) is 19.7. The summed E-state index contributed by atoms with van der Waals surface area (Å²) >= 11 is 0. The smallest absolute Gasteiger partial charge is 0.261 e. The van der Waals surface area contributed by atoms with Gasteiger partial charge in [-0.05, 0) is 46.1 Å². The minimum Gasteiger partial charge on any atom is -0.279 e. The van der Waals surface area contributed by atoms with Gasteiger partial charge in [-0.15, -0.1) is 0 Å². The lowest BCUT2D eigenvalue weighted by atomic mass is 9.87. The molecule has 2 aromatic carbocycles. The second-order valence-electron chi connectivity index (χ2n) is 8.50. The summed E-state index contributed by atoms with van der Waals surface area (Å²) in [5, 5.41) is 0. The number of sulfonamides is 1. The fraction of sp³-hybridized carbons (Fsp3) is 0.455. The Morgan fingerprint density at radius 2 is 1.27 bits per heavy atom. The van der Waals surface area contributed by atoms with Crippen molar-refractivity contribution in [2.45, 2.75) is 70.6 Å². The van der Waals surface area contributed by atoms with Crippen LogP contribution < -0.4 is 4.72 Å². The van der Waals surface area contributed by atoms with E-state index in [1.165, 1.54) is 0 Å². The first-order chi connectivity index (χ1) is 11.9. The Labute approximate surface area is 158 Å². The van der Waals surface area contributed by atoms with E-state index in [0.29, 0.717) is 4.90 Å². The number of rotatable bonds is 5. The Morgan fingerprint density at radius 3 is 1.65 bits per heavy atom. The third-order valence-corrected chi connectivity index (χ3v) is 6.01. The van der Waals surface area contributed by atoms with Crippen LogP contribution in [0.15, 0.2) is 47.4 Å². The monoisotopic (exact) mass is 373 g/mol. The van der Waals surface area contributed by atoms with E-state index in [1.807, 2.05) is 30.3 Å². The van der Waals surface area contributed by atoms with Crippen molar-refractivity contribution in [3.63, 3.8) is 0 Å². The van der Waals surface area contributed by atoms with Gasteiger partial charge in [0, 0.05) is 0 Å². The van der Waals surface area contributed by atoms with Crippen molar-refractivity contribution >= 4 is 15.7 Å². The van der Waals surface area contributed by atoms with Gasteiger partial charge in [-0.2, -0.15) is 0 Å². The quantitative estimate of drug-likeness (QED) is 0.695. The van der Waals surface area contributed by atoms with Gasteiger partial charge in [0.2, 0.25) is 0 Å². The normalized spacial score (nSPS) is 12.7. The van der Waals surface area contributed by atoms with Gasteiger partial charge in [0.15, 0.2) is 0 Å². The number of benzene rings is 2. The first-order valence-electron chi connectivity index (χ1n) is 9.19. The van der Waals surface area contributed by atoms with Crippen LogP contribution in [0.1, 0.15) is 77.0 Å². The minimum atomic E-state index is -3.64. The molecule has 0 aromatic heterocycles. The van der Waals surface area contributed by atoms with E-state index in [2.05, 4.69) is 53.2 Å². The second kappa shape index (κ2) is 7.43. The first-order valence-corrected chi connectivity index (χ1v) is 10.7. The highest BCUT2D eigenvalue weighted by molar-refractivity contribution is 7.92. The Hall–Kier alpha value is -1.81. The maximum Gasteiger partial charge on any atom is 0.261 e. The van der Waals surface area contributed by atoms with E-state index in [1.54, 1.807) is 12.1 Å². The van der Waals surface area contributed by atoms with Crippen LogP contribution >= 0.6 is 0 Å². The molecular formula is C22H31NO2S. The van der Waals surface area contributed by atoms with Gasteiger partial charge in [0.05, 0.1) is 10.6 Å². The Balaban J connectivity index is 2.47. The summed E-state index contributed by atoms with van der Waals surface area (Å²) in [6, 6.07) is 13.2. The summed E-state index contributed by atoms with van der Waals surface area (Å²) in [4.78, 5) is 0.291. The van der Waals surface area contributed by atoms with Crippen molar-refractivity contribution < 1.29 is 8.42 Å². The molecule has 0 atom stereocenters. The number of para-hydroxylation sites is 1. The maximum atomic E-state index is 13.0. The molecule has 0 saturated carbocycles. The van der Waals surface area contributed by atoms with E-state index < -0.39 is 10.0 Å². The summed E-state index contributed by atoms with van der Waals surface area (Å²) in [6.07, 6.45) is 0. The predicted octanol–water partition coefficient (Wildman–Crippen LogP) is 6.03. The molecule has 0 radical (unpaired) electrons. The fourth-order valence-corrected chi connectivity index (χ4v) is 4.11. The van der Waals surface area contributed by atoms with E-state index in [9.17, 15) is 8.42 Å². The van der Waals surface area contributed by atoms with Crippen LogP contribution in [0, 0.1) is 0 Å². The zero-order valence-electron chi connectivity index (χ0n) is 16.9.